The van der Waals surface area contributed by atoms with E-state index in [0.717, 1.165) is 43.3 Å². The van der Waals surface area contributed by atoms with Gasteiger partial charge in [-0.3, -0.25) is 10.6 Å². The summed E-state index contributed by atoms with van der Waals surface area (Å²) in [5.41, 5.74) is 3.14. The smallest absolute Gasteiger partial charge is 0.367 e. The van der Waals surface area contributed by atoms with Gasteiger partial charge in [-0.1, -0.05) is 19.4 Å². The van der Waals surface area contributed by atoms with Gasteiger partial charge in [0.1, 0.15) is 11.4 Å². The van der Waals surface area contributed by atoms with Gasteiger partial charge in [-0.15, -0.1) is 5.17 Å². The summed E-state index contributed by atoms with van der Waals surface area (Å²) in [4.78, 5) is 7.81. The molecule has 0 bridgehead atoms. The minimum absolute atomic E-state index is 0.0165. The number of benzene rings is 1. The van der Waals surface area contributed by atoms with Crippen LogP contribution < -0.4 is 16.1 Å². The highest BCUT2D eigenvalue weighted by molar-refractivity contribution is 5.94. The zero-order valence-corrected chi connectivity index (χ0v) is 16.4. The van der Waals surface area contributed by atoms with E-state index in [9.17, 15) is 18.4 Å². The zero-order valence-electron chi connectivity index (χ0n) is 16.4. The standard InChI is InChI=1S/C19H24F3N7O/c1-2-3-9-29(30)28-16-6-4-5-15(13(16)10-23)26-18-24-11-14(19(20,21)22)17(27-18)25-12-7-8-12/h4-6,10-12,23,28,30H,2-3,7-9H2,1H3,(H2,24,25,26,27). The Bertz CT molecular complexity index is 887. The molecule has 3 rings (SSSR count). The lowest BCUT2D eigenvalue weighted by molar-refractivity contribution is -0.137. The van der Waals surface area contributed by atoms with Crippen molar-refractivity contribution in [3.63, 3.8) is 0 Å². The van der Waals surface area contributed by atoms with Crippen LogP contribution in [0.5, 0.6) is 0 Å². The molecular formula is C19H24F3N7O. The van der Waals surface area contributed by atoms with Crippen molar-refractivity contribution >= 4 is 29.4 Å². The van der Waals surface area contributed by atoms with Crippen LogP contribution in [0, 0.1) is 5.41 Å². The number of rotatable bonds is 10. The molecule has 0 radical (unpaired) electrons. The van der Waals surface area contributed by atoms with Crippen molar-refractivity contribution < 1.29 is 18.4 Å². The summed E-state index contributed by atoms with van der Waals surface area (Å²) < 4.78 is 39.8. The Morgan fingerprint density at radius 3 is 2.67 bits per heavy atom. The lowest BCUT2D eigenvalue weighted by Gasteiger charge is -2.20. The highest BCUT2D eigenvalue weighted by Crippen LogP contribution is 2.36. The van der Waals surface area contributed by atoms with Gasteiger partial charge in [0.2, 0.25) is 5.95 Å². The van der Waals surface area contributed by atoms with Gasteiger partial charge in [0, 0.05) is 30.6 Å². The van der Waals surface area contributed by atoms with E-state index in [0.29, 0.717) is 23.5 Å². The van der Waals surface area contributed by atoms with Gasteiger partial charge >= 0.3 is 6.18 Å². The highest BCUT2D eigenvalue weighted by atomic mass is 19.4. The Labute approximate surface area is 172 Å². The molecule has 0 atom stereocenters. The van der Waals surface area contributed by atoms with Crippen molar-refractivity contribution in [1.82, 2.24) is 15.1 Å². The fraction of sp³-hybridized carbons (Fsp3) is 0.421. The Balaban J connectivity index is 1.84. The van der Waals surface area contributed by atoms with Crippen molar-refractivity contribution in [3.05, 3.63) is 35.5 Å². The summed E-state index contributed by atoms with van der Waals surface area (Å²) in [5.74, 6) is -0.299. The van der Waals surface area contributed by atoms with E-state index in [4.69, 9.17) is 5.41 Å². The molecule has 0 aliphatic heterocycles. The topological polar surface area (TPSA) is 109 Å². The molecule has 0 spiro atoms. The number of anilines is 4. The molecule has 5 N–H and O–H groups in total. The number of halogens is 3. The Morgan fingerprint density at radius 1 is 1.30 bits per heavy atom. The number of unbranched alkanes of at least 4 members (excludes halogenated alkanes) is 1. The van der Waals surface area contributed by atoms with E-state index in [1.807, 2.05) is 6.92 Å². The SMILES string of the molecule is CCCCN(O)Nc1cccc(Nc2ncc(C(F)(F)F)c(NC3CC3)n2)c1C=N. The van der Waals surface area contributed by atoms with E-state index in [2.05, 4.69) is 26.0 Å². The van der Waals surface area contributed by atoms with Gasteiger partial charge in [0.05, 0.1) is 11.4 Å². The van der Waals surface area contributed by atoms with Crippen LogP contribution in [0.3, 0.4) is 0 Å². The van der Waals surface area contributed by atoms with Gasteiger partial charge in [0.25, 0.3) is 0 Å². The summed E-state index contributed by atoms with van der Waals surface area (Å²) in [6.45, 7) is 2.39. The molecular weight excluding hydrogens is 399 g/mol. The van der Waals surface area contributed by atoms with Crippen LogP contribution in [0.25, 0.3) is 0 Å². The minimum atomic E-state index is -4.57. The molecule has 0 amide bonds. The average molecular weight is 423 g/mol. The van der Waals surface area contributed by atoms with Crippen molar-refractivity contribution in [2.75, 3.05) is 22.6 Å². The van der Waals surface area contributed by atoms with Crippen molar-refractivity contribution in [3.8, 4) is 0 Å². The Morgan fingerprint density at radius 2 is 2.03 bits per heavy atom. The van der Waals surface area contributed by atoms with E-state index in [-0.39, 0.29) is 17.8 Å². The van der Waals surface area contributed by atoms with Crippen LogP contribution in [0.15, 0.2) is 24.4 Å². The monoisotopic (exact) mass is 423 g/mol. The molecule has 1 aliphatic carbocycles. The maximum Gasteiger partial charge on any atom is 0.421 e. The predicted octanol–water partition coefficient (Wildman–Crippen LogP) is 4.63. The van der Waals surface area contributed by atoms with Gasteiger partial charge in [0.15, 0.2) is 0 Å². The van der Waals surface area contributed by atoms with E-state index < -0.39 is 11.7 Å². The lowest BCUT2D eigenvalue weighted by Crippen LogP contribution is -2.27. The number of hydrogen-bond acceptors (Lipinski definition) is 8. The highest BCUT2D eigenvalue weighted by Gasteiger charge is 2.36. The first-order valence-electron chi connectivity index (χ1n) is 9.66. The first-order chi connectivity index (χ1) is 14.3. The minimum Gasteiger partial charge on any atom is -0.367 e. The molecule has 11 heteroatoms. The Kier molecular flexibility index (Phi) is 6.73. The van der Waals surface area contributed by atoms with Gasteiger partial charge in [-0.2, -0.15) is 18.2 Å². The second kappa shape index (κ2) is 9.26. The quantitative estimate of drug-likeness (QED) is 0.280. The van der Waals surface area contributed by atoms with Crippen molar-refractivity contribution in [2.45, 2.75) is 44.8 Å². The fourth-order valence-corrected chi connectivity index (χ4v) is 2.73. The average Bonchev–Trinajstić information content (AvgIpc) is 3.50. The Hall–Kier alpha value is -2.92. The van der Waals surface area contributed by atoms with Crippen LogP contribution >= 0.6 is 0 Å². The molecule has 0 unspecified atom stereocenters. The first-order valence-corrected chi connectivity index (χ1v) is 9.66. The van der Waals surface area contributed by atoms with Crippen molar-refractivity contribution in [1.29, 1.82) is 5.41 Å². The summed E-state index contributed by atoms with van der Waals surface area (Å²) in [7, 11) is 0. The van der Waals surface area contributed by atoms with Gasteiger partial charge < -0.3 is 16.0 Å². The molecule has 0 saturated heterocycles. The second-order valence-corrected chi connectivity index (χ2v) is 7.00. The van der Waals surface area contributed by atoms with Crippen LogP contribution in [0.4, 0.5) is 36.3 Å². The van der Waals surface area contributed by atoms with Crippen LogP contribution in [-0.4, -0.2) is 39.1 Å². The molecule has 8 nitrogen and oxygen atoms in total. The number of hydrogen-bond donors (Lipinski definition) is 5. The summed E-state index contributed by atoms with van der Waals surface area (Å²) in [5, 5.41) is 24.3. The maximum atomic E-state index is 13.3. The number of nitrogens with zero attached hydrogens (tertiary/aromatic N) is 3. The molecule has 162 valence electrons. The molecule has 2 aromatic rings. The third-order valence-corrected chi connectivity index (χ3v) is 4.48. The van der Waals surface area contributed by atoms with Crippen LogP contribution in [-0.2, 0) is 6.18 Å². The first kappa shape index (κ1) is 21.8. The van der Waals surface area contributed by atoms with Crippen LogP contribution in [0.2, 0.25) is 0 Å². The number of aromatic nitrogens is 2. The predicted molar refractivity (Wildman–Crippen MR) is 108 cm³/mol. The molecule has 1 aromatic heterocycles. The molecule has 1 aromatic carbocycles. The summed E-state index contributed by atoms with van der Waals surface area (Å²) >= 11 is 0. The number of nitrogens with one attached hydrogen (secondary N) is 4. The normalized spacial score (nSPS) is 13.9. The largest absolute Gasteiger partial charge is 0.421 e. The van der Waals surface area contributed by atoms with Crippen LogP contribution in [0.1, 0.15) is 43.7 Å². The molecule has 30 heavy (non-hydrogen) atoms. The van der Waals surface area contributed by atoms with E-state index >= 15 is 0 Å². The molecule has 1 fully saturated rings. The number of alkyl halides is 3. The van der Waals surface area contributed by atoms with Crippen molar-refractivity contribution in [2.24, 2.45) is 0 Å². The zero-order chi connectivity index (χ0) is 21.7. The maximum absolute atomic E-state index is 13.3. The second-order valence-electron chi connectivity index (χ2n) is 7.00. The summed E-state index contributed by atoms with van der Waals surface area (Å²) in [6.07, 6.45) is 0.523. The lowest BCUT2D eigenvalue weighted by atomic mass is 10.1. The van der Waals surface area contributed by atoms with E-state index in [1.165, 1.54) is 0 Å². The number of hydroxylamine groups is 1. The van der Waals surface area contributed by atoms with Gasteiger partial charge in [-0.05, 0) is 31.4 Å². The summed E-state index contributed by atoms with van der Waals surface area (Å²) in [6, 6.07) is 4.98. The molecule has 1 heterocycles. The third-order valence-electron chi connectivity index (χ3n) is 4.48. The molecule has 1 aliphatic rings. The molecule has 1 saturated carbocycles. The fourth-order valence-electron chi connectivity index (χ4n) is 2.73. The third kappa shape index (κ3) is 5.57. The number of hydrazine groups is 1. The van der Waals surface area contributed by atoms with Gasteiger partial charge in [-0.25, -0.2) is 4.98 Å². The van der Waals surface area contributed by atoms with E-state index in [1.54, 1.807) is 18.2 Å².